The van der Waals surface area contributed by atoms with Crippen LogP contribution in [0.3, 0.4) is 0 Å². The van der Waals surface area contributed by atoms with E-state index in [1.165, 1.54) is 10.3 Å². The van der Waals surface area contributed by atoms with Crippen molar-refractivity contribution in [3.05, 3.63) is 28.8 Å². The van der Waals surface area contributed by atoms with Crippen molar-refractivity contribution in [1.29, 1.82) is 0 Å². The molecule has 2 heteroatoms. The molecule has 1 aromatic carbocycles. The molecule has 0 unspecified atom stereocenters. The van der Waals surface area contributed by atoms with Gasteiger partial charge in [-0.05, 0) is 25.5 Å². The number of fused-ring (bicyclic) bond motifs is 1. The number of para-hydroxylation sites is 1. The van der Waals surface area contributed by atoms with Gasteiger partial charge in [0, 0.05) is 0 Å². The van der Waals surface area contributed by atoms with Crippen molar-refractivity contribution in [2.24, 2.45) is 0 Å². The van der Waals surface area contributed by atoms with Gasteiger partial charge in [0.15, 0.2) is 0 Å². The largest absolute Gasteiger partial charge is 0.241 e. The first kappa shape index (κ1) is 10.2. The highest BCUT2D eigenvalue weighted by Gasteiger charge is 2.00. The molecule has 2 aromatic rings. The van der Waals surface area contributed by atoms with Crippen LogP contribution in [0.4, 0.5) is 0 Å². The first-order chi connectivity index (χ1) is 6.27. The fourth-order valence-corrected chi connectivity index (χ4v) is 2.10. The van der Waals surface area contributed by atoms with Gasteiger partial charge in [-0.2, -0.15) is 0 Å². The highest BCUT2D eigenvalue weighted by atomic mass is 32.1. The molecule has 0 aliphatic heterocycles. The molecule has 1 nitrogen and oxygen atoms in total. The van der Waals surface area contributed by atoms with E-state index in [2.05, 4.69) is 30.1 Å². The lowest BCUT2D eigenvalue weighted by molar-refractivity contribution is 1.32. The number of thiazole rings is 1. The molecular formula is C11H15NS. The van der Waals surface area contributed by atoms with Crippen molar-refractivity contribution >= 4 is 21.6 Å². The van der Waals surface area contributed by atoms with Crippen LogP contribution >= 0.6 is 11.3 Å². The van der Waals surface area contributed by atoms with E-state index in [1.807, 2.05) is 20.8 Å². The van der Waals surface area contributed by atoms with Crippen LogP contribution in [0.25, 0.3) is 10.2 Å². The summed E-state index contributed by atoms with van der Waals surface area (Å²) < 4.78 is 1.29. The standard InChI is InChI=1S/C9H9NS.C2H6/c1-6-4-3-5-8-9(6)10-7(2)11-8;1-2/h3-5H,1-2H3;1-2H3. The monoisotopic (exact) mass is 193 g/mol. The second kappa shape index (κ2) is 4.38. The Morgan fingerprint density at radius 1 is 1.15 bits per heavy atom. The summed E-state index contributed by atoms with van der Waals surface area (Å²) in [6, 6.07) is 6.30. The molecule has 0 fully saturated rings. The molecule has 2 rings (SSSR count). The van der Waals surface area contributed by atoms with Gasteiger partial charge in [-0.1, -0.05) is 26.0 Å². The summed E-state index contributed by atoms with van der Waals surface area (Å²) in [5.74, 6) is 0. The molecule has 13 heavy (non-hydrogen) atoms. The van der Waals surface area contributed by atoms with Crippen LogP contribution in [0.5, 0.6) is 0 Å². The Labute approximate surface area is 83.4 Å². The second-order valence-electron chi connectivity index (χ2n) is 2.65. The van der Waals surface area contributed by atoms with Crippen LogP contribution in [-0.2, 0) is 0 Å². The molecule has 0 radical (unpaired) electrons. The summed E-state index contributed by atoms with van der Waals surface area (Å²) in [5, 5.41) is 1.15. The van der Waals surface area contributed by atoms with E-state index in [0.717, 1.165) is 10.5 Å². The van der Waals surface area contributed by atoms with Gasteiger partial charge in [-0.25, -0.2) is 4.98 Å². The maximum Gasteiger partial charge on any atom is 0.0907 e. The number of benzene rings is 1. The first-order valence-corrected chi connectivity index (χ1v) is 5.42. The van der Waals surface area contributed by atoms with Crippen LogP contribution in [0, 0.1) is 13.8 Å². The van der Waals surface area contributed by atoms with Crippen molar-refractivity contribution in [3.63, 3.8) is 0 Å². The summed E-state index contributed by atoms with van der Waals surface area (Å²) in [7, 11) is 0. The average molecular weight is 193 g/mol. The van der Waals surface area contributed by atoms with Gasteiger partial charge < -0.3 is 0 Å². The van der Waals surface area contributed by atoms with Crippen molar-refractivity contribution in [3.8, 4) is 0 Å². The molecule has 0 spiro atoms. The topological polar surface area (TPSA) is 12.9 Å². The maximum absolute atomic E-state index is 4.43. The smallest absolute Gasteiger partial charge is 0.0907 e. The SMILES string of the molecule is CC.Cc1nc2c(C)cccc2s1. The van der Waals surface area contributed by atoms with Crippen LogP contribution in [0.2, 0.25) is 0 Å². The minimum absolute atomic E-state index is 1.15. The molecule has 0 saturated heterocycles. The van der Waals surface area contributed by atoms with Crippen LogP contribution in [0.15, 0.2) is 18.2 Å². The second-order valence-corrected chi connectivity index (χ2v) is 3.89. The van der Waals surface area contributed by atoms with Crippen molar-refractivity contribution in [2.75, 3.05) is 0 Å². The molecule has 0 amide bonds. The van der Waals surface area contributed by atoms with E-state index >= 15 is 0 Å². The van der Waals surface area contributed by atoms with Gasteiger partial charge in [0.05, 0.1) is 15.2 Å². The summed E-state index contributed by atoms with van der Waals surface area (Å²) in [6.45, 7) is 8.14. The van der Waals surface area contributed by atoms with E-state index < -0.39 is 0 Å². The average Bonchev–Trinajstić information content (AvgIpc) is 2.51. The third kappa shape index (κ3) is 2.07. The Bertz CT molecular complexity index is 390. The van der Waals surface area contributed by atoms with Gasteiger partial charge in [-0.15, -0.1) is 11.3 Å². The highest BCUT2D eigenvalue weighted by molar-refractivity contribution is 7.18. The molecule has 0 N–H and O–H groups in total. The normalized spacial score (nSPS) is 9.54. The lowest BCUT2D eigenvalue weighted by atomic mass is 10.2. The van der Waals surface area contributed by atoms with E-state index in [4.69, 9.17) is 0 Å². The van der Waals surface area contributed by atoms with Crippen molar-refractivity contribution in [2.45, 2.75) is 27.7 Å². The summed E-state index contributed by atoms with van der Waals surface area (Å²) in [6.07, 6.45) is 0. The Balaban J connectivity index is 0.000000396. The third-order valence-electron chi connectivity index (χ3n) is 1.73. The Kier molecular flexibility index (Phi) is 3.43. The molecule has 0 atom stereocenters. The van der Waals surface area contributed by atoms with E-state index in [0.29, 0.717) is 0 Å². The highest BCUT2D eigenvalue weighted by Crippen LogP contribution is 2.23. The van der Waals surface area contributed by atoms with E-state index in [9.17, 15) is 0 Å². The van der Waals surface area contributed by atoms with Gasteiger partial charge in [0.1, 0.15) is 0 Å². The predicted octanol–water partition coefficient (Wildman–Crippen LogP) is 3.94. The van der Waals surface area contributed by atoms with Crippen molar-refractivity contribution in [1.82, 2.24) is 4.98 Å². The molecular weight excluding hydrogens is 178 g/mol. The number of aryl methyl sites for hydroxylation is 2. The quantitative estimate of drug-likeness (QED) is 0.617. The molecule has 1 aromatic heterocycles. The van der Waals surface area contributed by atoms with Crippen LogP contribution in [-0.4, -0.2) is 4.98 Å². The van der Waals surface area contributed by atoms with E-state index in [1.54, 1.807) is 11.3 Å². The summed E-state index contributed by atoms with van der Waals surface area (Å²) in [4.78, 5) is 4.43. The summed E-state index contributed by atoms with van der Waals surface area (Å²) >= 11 is 1.76. The predicted molar refractivity (Wildman–Crippen MR) is 60.4 cm³/mol. The number of aromatic nitrogens is 1. The fourth-order valence-electron chi connectivity index (χ4n) is 1.20. The number of hydrogen-bond donors (Lipinski definition) is 0. The minimum Gasteiger partial charge on any atom is -0.241 e. The van der Waals surface area contributed by atoms with Gasteiger partial charge in [0.25, 0.3) is 0 Å². The molecule has 0 aliphatic carbocycles. The minimum atomic E-state index is 1.15. The van der Waals surface area contributed by atoms with Crippen LogP contribution in [0.1, 0.15) is 24.4 Å². The van der Waals surface area contributed by atoms with E-state index in [-0.39, 0.29) is 0 Å². The van der Waals surface area contributed by atoms with Gasteiger partial charge in [0.2, 0.25) is 0 Å². The molecule has 70 valence electrons. The lowest BCUT2D eigenvalue weighted by Crippen LogP contribution is -1.74. The molecule has 1 heterocycles. The first-order valence-electron chi connectivity index (χ1n) is 4.60. The summed E-state index contributed by atoms with van der Waals surface area (Å²) in [5.41, 5.74) is 2.43. The zero-order chi connectivity index (χ0) is 9.84. The van der Waals surface area contributed by atoms with Gasteiger partial charge >= 0.3 is 0 Å². The zero-order valence-corrected chi connectivity index (χ0v) is 9.40. The lowest BCUT2D eigenvalue weighted by Gasteiger charge is -1.90. The van der Waals surface area contributed by atoms with Crippen LogP contribution < -0.4 is 0 Å². The third-order valence-corrected chi connectivity index (χ3v) is 2.66. The van der Waals surface area contributed by atoms with Gasteiger partial charge in [-0.3, -0.25) is 0 Å². The fraction of sp³-hybridized carbons (Fsp3) is 0.364. The molecule has 0 aliphatic rings. The molecule has 0 saturated carbocycles. The Morgan fingerprint density at radius 2 is 1.85 bits per heavy atom. The molecule has 0 bridgehead atoms. The maximum atomic E-state index is 4.43. The Hall–Kier alpha value is -0.890. The zero-order valence-electron chi connectivity index (χ0n) is 8.59. The van der Waals surface area contributed by atoms with Crippen molar-refractivity contribution < 1.29 is 0 Å². The Morgan fingerprint density at radius 3 is 2.46 bits per heavy atom. The number of nitrogens with zero attached hydrogens (tertiary/aromatic N) is 1. The number of rotatable bonds is 0. The number of hydrogen-bond acceptors (Lipinski definition) is 2.